The van der Waals surface area contributed by atoms with Gasteiger partial charge in [0.2, 0.25) is 11.8 Å². The second-order valence-electron chi connectivity index (χ2n) is 13.4. The number of cyclic esters (lactones) is 1. The van der Waals surface area contributed by atoms with Crippen LogP contribution in [0.25, 0.3) is 0 Å². The SMILES string of the molecule is NC(=O)[C@H]1[C@@H]2C(=O)O[C@@H](c3ccccc3)[C@@H](c3ccccc3)N2[C@@H](c2ccc(O)cc2)[C@]12C(=O)N(C(=O)OCc1ccc([N+](=O)[O-])cc1)c1ccccc12. The Hall–Kier alpha value is -6.86. The average Bonchev–Trinajstić information content (AvgIpc) is 3.65. The number of carbonyl (C=O) groups excluding carboxylic acids is 4. The van der Waals surface area contributed by atoms with E-state index < -0.39 is 64.4 Å². The van der Waals surface area contributed by atoms with E-state index in [1.165, 1.54) is 36.4 Å². The van der Waals surface area contributed by atoms with E-state index in [4.69, 9.17) is 15.2 Å². The Kier molecular flexibility index (Phi) is 8.42. The Labute approximate surface area is 308 Å². The molecule has 0 bridgehead atoms. The van der Waals surface area contributed by atoms with Crippen molar-refractivity contribution in [2.24, 2.45) is 11.7 Å². The van der Waals surface area contributed by atoms with E-state index >= 15 is 4.79 Å². The van der Waals surface area contributed by atoms with Crippen LogP contribution in [0.3, 0.4) is 0 Å². The quantitative estimate of drug-likeness (QED) is 0.118. The number of phenolic OH excluding ortho intramolecular Hbond substituents is 1. The van der Waals surface area contributed by atoms with Crippen molar-refractivity contribution in [2.45, 2.75) is 36.3 Å². The molecule has 3 N–H and O–H groups in total. The summed E-state index contributed by atoms with van der Waals surface area (Å²) in [5.41, 5.74) is 6.86. The predicted molar refractivity (Wildman–Crippen MR) is 193 cm³/mol. The highest BCUT2D eigenvalue weighted by atomic mass is 16.6. The maximum Gasteiger partial charge on any atom is 0.421 e. The van der Waals surface area contributed by atoms with Gasteiger partial charge in [-0.3, -0.25) is 29.4 Å². The summed E-state index contributed by atoms with van der Waals surface area (Å²) in [5.74, 6) is -4.18. The van der Waals surface area contributed by atoms with Gasteiger partial charge in [0, 0.05) is 12.1 Å². The number of para-hydroxylation sites is 1. The zero-order valence-electron chi connectivity index (χ0n) is 28.4. The van der Waals surface area contributed by atoms with E-state index in [9.17, 15) is 29.6 Å². The molecule has 3 aliphatic rings. The summed E-state index contributed by atoms with van der Waals surface area (Å²) >= 11 is 0. The van der Waals surface area contributed by atoms with E-state index in [2.05, 4.69) is 0 Å². The van der Waals surface area contributed by atoms with Gasteiger partial charge < -0.3 is 20.3 Å². The van der Waals surface area contributed by atoms with Gasteiger partial charge in [-0.25, -0.2) is 9.69 Å². The molecule has 13 heteroatoms. The Balaban J connectivity index is 1.32. The molecule has 0 radical (unpaired) electrons. The van der Waals surface area contributed by atoms with E-state index in [1.54, 1.807) is 36.4 Å². The molecule has 54 heavy (non-hydrogen) atoms. The van der Waals surface area contributed by atoms with Crippen LogP contribution in [0.5, 0.6) is 5.75 Å². The number of ether oxygens (including phenoxy) is 2. The third-order valence-corrected chi connectivity index (χ3v) is 10.6. The third kappa shape index (κ3) is 5.27. The molecule has 5 aromatic rings. The molecular weight excluding hydrogens is 692 g/mol. The molecule has 0 aliphatic carbocycles. The average molecular weight is 725 g/mol. The molecule has 0 unspecified atom stereocenters. The van der Waals surface area contributed by atoms with Gasteiger partial charge in [-0.05, 0) is 58.1 Å². The van der Waals surface area contributed by atoms with Gasteiger partial charge in [0.05, 0.1) is 28.6 Å². The van der Waals surface area contributed by atoms with E-state index in [-0.39, 0.29) is 29.3 Å². The summed E-state index contributed by atoms with van der Waals surface area (Å²) in [7, 11) is 0. The second-order valence-corrected chi connectivity index (χ2v) is 13.4. The number of fused-ring (bicyclic) bond motifs is 3. The van der Waals surface area contributed by atoms with Crippen LogP contribution in [0.1, 0.15) is 46.0 Å². The predicted octanol–water partition coefficient (Wildman–Crippen LogP) is 5.79. The number of esters is 1. The fourth-order valence-corrected chi connectivity index (χ4v) is 8.45. The molecule has 2 fully saturated rings. The van der Waals surface area contributed by atoms with Crippen LogP contribution in [0.15, 0.2) is 133 Å². The van der Waals surface area contributed by atoms with E-state index in [1.807, 2.05) is 65.6 Å². The molecule has 6 atom stereocenters. The highest BCUT2D eigenvalue weighted by Crippen LogP contribution is 2.65. The molecule has 13 nitrogen and oxygen atoms in total. The highest BCUT2D eigenvalue weighted by Gasteiger charge is 2.75. The number of anilines is 1. The summed E-state index contributed by atoms with van der Waals surface area (Å²) in [6, 6.07) is 33.2. The monoisotopic (exact) mass is 724 g/mol. The molecule has 8 rings (SSSR count). The Morgan fingerprint density at radius 3 is 2.04 bits per heavy atom. The van der Waals surface area contributed by atoms with Gasteiger partial charge in [0.15, 0.2) is 0 Å². The van der Waals surface area contributed by atoms with Crippen LogP contribution < -0.4 is 10.6 Å². The molecule has 1 spiro atoms. The minimum atomic E-state index is -1.98. The van der Waals surface area contributed by atoms with Crippen molar-refractivity contribution in [1.82, 2.24) is 4.90 Å². The molecular formula is C41H32N4O9. The van der Waals surface area contributed by atoms with Crippen LogP contribution in [-0.4, -0.2) is 44.8 Å². The number of hydrogen-bond donors (Lipinski definition) is 2. The first-order chi connectivity index (χ1) is 26.1. The number of phenols is 1. The number of nitrogens with two attached hydrogens (primary N) is 1. The number of imide groups is 1. The number of morpholine rings is 1. The van der Waals surface area contributed by atoms with Gasteiger partial charge in [-0.1, -0.05) is 91.0 Å². The van der Waals surface area contributed by atoms with Crippen molar-refractivity contribution in [1.29, 1.82) is 0 Å². The number of aromatic hydroxyl groups is 1. The van der Waals surface area contributed by atoms with Crippen LogP contribution >= 0.6 is 0 Å². The Morgan fingerprint density at radius 2 is 1.41 bits per heavy atom. The first-order valence-corrected chi connectivity index (χ1v) is 17.1. The molecule has 270 valence electrons. The molecule has 3 heterocycles. The molecule has 3 aliphatic heterocycles. The number of nitrogens with zero attached hydrogens (tertiary/aromatic N) is 3. The molecule has 5 aromatic carbocycles. The van der Waals surface area contributed by atoms with E-state index in [0.29, 0.717) is 16.7 Å². The normalized spacial score (nSPS) is 24.4. The summed E-state index contributed by atoms with van der Waals surface area (Å²) in [4.78, 5) is 71.4. The van der Waals surface area contributed by atoms with Crippen molar-refractivity contribution < 1.29 is 38.7 Å². The molecule has 2 saturated heterocycles. The topological polar surface area (TPSA) is 183 Å². The van der Waals surface area contributed by atoms with Gasteiger partial charge in [0.25, 0.3) is 5.69 Å². The second kappa shape index (κ2) is 13.3. The fourth-order valence-electron chi connectivity index (χ4n) is 8.45. The van der Waals surface area contributed by atoms with Crippen LogP contribution in [0.2, 0.25) is 0 Å². The van der Waals surface area contributed by atoms with Crippen LogP contribution in [0.4, 0.5) is 16.2 Å². The van der Waals surface area contributed by atoms with Crippen molar-refractivity contribution in [2.75, 3.05) is 4.90 Å². The smallest absolute Gasteiger partial charge is 0.421 e. The number of hydrogen-bond acceptors (Lipinski definition) is 10. The van der Waals surface area contributed by atoms with Gasteiger partial charge >= 0.3 is 12.1 Å². The number of amides is 3. The summed E-state index contributed by atoms with van der Waals surface area (Å²) in [6.45, 7) is -0.327. The van der Waals surface area contributed by atoms with Crippen molar-refractivity contribution in [3.8, 4) is 5.75 Å². The van der Waals surface area contributed by atoms with E-state index in [0.717, 1.165) is 10.5 Å². The zero-order valence-corrected chi connectivity index (χ0v) is 28.4. The lowest BCUT2D eigenvalue weighted by Crippen LogP contribution is -2.55. The lowest BCUT2D eigenvalue weighted by molar-refractivity contribution is -0.384. The number of benzene rings is 5. The third-order valence-electron chi connectivity index (χ3n) is 10.6. The highest BCUT2D eigenvalue weighted by molar-refractivity contribution is 6.23. The van der Waals surface area contributed by atoms with Crippen molar-refractivity contribution in [3.05, 3.63) is 171 Å². The Morgan fingerprint density at radius 1 is 0.796 bits per heavy atom. The standard InChI is InChI=1S/C41H32N4O9/c42-37(47)32-34-38(48)54-35(26-11-5-2-6-12-26)33(25-9-3-1-4-10-25)44(34)36(27-17-21-29(46)22-18-27)41(32)30-13-7-8-14-31(30)43(39(41)49)40(50)53-23-24-15-19-28(20-16-24)45(51)52/h1-22,32-36,46H,23H2,(H2,42,47)/t32-,33-,34-,35+,36+,41-/m1/s1. The molecule has 0 aromatic heterocycles. The maximum absolute atomic E-state index is 15.5. The first kappa shape index (κ1) is 34.2. The minimum Gasteiger partial charge on any atom is -0.508 e. The largest absolute Gasteiger partial charge is 0.508 e. The minimum absolute atomic E-state index is 0.0526. The number of non-ortho nitro benzene ring substituents is 1. The number of rotatable bonds is 7. The zero-order chi connectivity index (χ0) is 37.7. The molecule has 3 amide bonds. The van der Waals surface area contributed by atoms with Gasteiger partial charge in [0.1, 0.15) is 29.9 Å². The summed E-state index contributed by atoms with van der Waals surface area (Å²) < 4.78 is 11.9. The number of nitro benzene ring substituents is 1. The lowest BCUT2D eigenvalue weighted by Gasteiger charge is -2.46. The van der Waals surface area contributed by atoms with Crippen LogP contribution in [-0.2, 0) is 35.9 Å². The van der Waals surface area contributed by atoms with Crippen LogP contribution in [0, 0.1) is 16.0 Å². The lowest BCUT2D eigenvalue weighted by atomic mass is 9.65. The molecule has 0 saturated carbocycles. The summed E-state index contributed by atoms with van der Waals surface area (Å²) in [5, 5.41) is 21.5. The van der Waals surface area contributed by atoms with Gasteiger partial charge in [-0.15, -0.1) is 0 Å². The van der Waals surface area contributed by atoms with Crippen molar-refractivity contribution in [3.63, 3.8) is 0 Å². The van der Waals surface area contributed by atoms with Crippen molar-refractivity contribution >= 4 is 35.3 Å². The van der Waals surface area contributed by atoms with Gasteiger partial charge in [-0.2, -0.15) is 0 Å². The summed E-state index contributed by atoms with van der Waals surface area (Å²) in [6.07, 6.45) is -1.96. The number of nitro groups is 1. The number of primary amides is 1. The maximum atomic E-state index is 15.5. The Bertz CT molecular complexity index is 2290. The fraction of sp³-hybridized carbons (Fsp3) is 0.171. The number of carbonyl (C=O) groups is 4. The first-order valence-electron chi connectivity index (χ1n) is 17.1.